The molecule has 0 spiro atoms. The minimum Gasteiger partial charge on any atom is -0.385 e. The van der Waals surface area contributed by atoms with Gasteiger partial charge in [0, 0.05) is 5.92 Å². The van der Waals surface area contributed by atoms with Crippen LogP contribution in [-0.4, -0.2) is 5.11 Å². The molecule has 0 aliphatic heterocycles. The monoisotopic (exact) mass is 290 g/mol. The first-order valence-corrected chi connectivity index (χ1v) is 7.82. The molecule has 1 nitrogen and oxygen atoms in total. The zero-order chi connectivity index (χ0) is 15.6. The van der Waals surface area contributed by atoms with Gasteiger partial charge in [-0.15, -0.1) is 0 Å². The van der Waals surface area contributed by atoms with Crippen molar-refractivity contribution >= 4 is 5.57 Å². The van der Waals surface area contributed by atoms with E-state index in [4.69, 9.17) is 0 Å². The molecule has 1 N–H and O–H groups in total. The van der Waals surface area contributed by atoms with E-state index >= 15 is 0 Å². The van der Waals surface area contributed by atoms with Gasteiger partial charge in [0.25, 0.3) is 0 Å². The minimum absolute atomic E-state index is 0.0299. The highest BCUT2D eigenvalue weighted by Gasteiger charge is 2.40. The number of hydrogen-bond acceptors (Lipinski definition) is 1. The van der Waals surface area contributed by atoms with Crippen molar-refractivity contribution in [2.75, 3.05) is 0 Å². The largest absolute Gasteiger partial charge is 0.385 e. The summed E-state index contributed by atoms with van der Waals surface area (Å²) in [5.74, 6) is 0.303. The van der Waals surface area contributed by atoms with Crippen molar-refractivity contribution in [1.29, 1.82) is 0 Å². The Balaban J connectivity index is 2.07. The number of rotatable bonds is 3. The Labute approximate surface area is 132 Å². The zero-order valence-electron chi connectivity index (χ0n) is 13.1. The normalized spacial score (nSPS) is 23.7. The lowest BCUT2D eigenvalue weighted by Gasteiger charge is -2.39. The first-order chi connectivity index (χ1) is 10.6. The van der Waals surface area contributed by atoms with E-state index in [1.54, 1.807) is 0 Å². The average Bonchev–Trinajstić information content (AvgIpc) is 2.56. The van der Waals surface area contributed by atoms with Gasteiger partial charge in [-0.1, -0.05) is 85.8 Å². The number of allylic oxidation sites excluding steroid dienone is 3. The standard InChI is InChI=1S/C21H22O/c1-16-10-9-15-19(17-11-5-3-6-12-17)20(16)21(2,22)18-13-7-4-8-14-18/h3-16,20,22H,1-2H3. The molecule has 3 unspecified atom stereocenters. The number of aliphatic hydroxyl groups is 1. The molecule has 0 saturated heterocycles. The van der Waals surface area contributed by atoms with Crippen molar-refractivity contribution in [2.24, 2.45) is 11.8 Å². The topological polar surface area (TPSA) is 20.2 Å². The Kier molecular flexibility index (Phi) is 4.00. The summed E-state index contributed by atoms with van der Waals surface area (Å²) in [7, 11) is 0. The molecule has 1 aliphatic rings. The second-order valence-corrected chi connectivity index (χ2v) is 6.22. The van der Waals surface area contributed by atoms with Crippen LogP contribution in [0.2, 0.25) is 0 Å². The van der Waals surface area contributed by atoms with E-state index in [0.29, 0.717) is 0 Å². The third kappa shape index (κ3) is 2.65. The fourth-order valence-electron chi connectivity index (χ4n) is 3.51. The highest BCUT2D eigenvalue weighted by Crippen LogP contribution is 2.45. The molecule has 0 amide bonds. The van der Waals surface area contributed by atoms with Crippen molar-refractivity contribution in [2.45, 2.75) is 19.4 Å². The molecule has 22 heavy (non-hydrogen) atoms. The summed E-state index contributed by atoms with van der Waals surface area (Å²) in [6, 6.07) is 20.3. The highest BCUT2D eigenvalue weighted by atomic mass is 16.3. The lowest BCUT2D eigenvalue weighted by atomic mass is 9.68. The van der Waals surface area contributed by atoms with Crippen LogP contribution in [0.1, 0.15) is 25.0 Å². The van der Waals surface area contributed by atoms with E-state index in [1.165, 1.54) is 11.1 Å². The van der Waals surface area contributed by atoms with E-state index in [9.17, 15) is 5.11 Å². The van der Waals surface area contributed by atoms with Gasteiger partial charge in [-0.25, -0.2) is 0 Å². The van der Waals surface area contributed by atoms with Crippen molar-refractivity contribution in [3.63, 3.8) is 0 Å². The molecule has 1 aliphatic carbocycles. The van der Waals surface area contributed by atoms with Crippen molar-refractivity contribution in [3.8, 4) is 0 Å². The van der Waals surface area contributed by atoms with Crippen molar-refractivity contribution in [1.82, 2.24) is 0 Å². The van der Waals surface area contributed by atoms with E-state index in [1.807, 2.05) is 55.5 Å². The van der Waals surface area contributed by atoms with Gasteiger partial charge in [-0.2, -0.15) is 0 Å². The van der Waals surface area contributed by atoms with Crippen LogP contribution in [0.3, 0.4) is 0 Å². The Morgan fingerprint density at radius 3 is 2.14 bits per heavy atom. The molecule has 0 heterocycles. The SMILES string of the molecule is CC1C=CC=C(c2ccccc2)C1C(C)(O)c1ccccc1. The summed E-state index contributed by atoms with van der Waals surface area (Å²) in [6.45, 7) is 4.11. The molecule has 2 aromatic carbocycles. The van der Waals surface area contributed by atoms with Crippen LogP contribution in [-0.2, 0) is 5.60 Å². The molecule has 3 rings (SSSR count). The van der Waals surface area contributed by atoms with Crippen LogP contribution in [0.25, 0.3) is 5.57 Å². The molecular formula is C21H22O. The number of hydrogen-bond donors (Lipinski definition) is 1. The predicted octanol–water partition coefficient (Wildman–Crippen LogP) is 4.80. The lowest BCUT2D eigenvalue weighted by Crippen LogP contribution is -2.37. The van der Waals surface area contributed by atoms with E-state index in [-0.39, 0.29) is 11.8 Å². The first-order valence-electron chi connectivity index (χ1n) is 7.82. The van der Waals surface area contributed by atoms with Gasteiger partial charge in [0.15, 0.2) is 0 Å². The Hall–Kier alpha value is -2.12. The summed E-state index contributed by atoms with van der Waals surface area (Å²) in [5.41, 5.74) is 2.43. The van der Waals surface area contributed by atoms with Gasteiger partial charge < -0.3 is 5.11 Å². The summed E-state index contributed by atoms with van der Waals surface area (Å²) >= 11 is 0. The van der Waals surface area contributed by atoms with Crippen LogP contribution in [0.5, 0.6) is 0 Å². The summed E-state index contributed by atoms with van der Waals surface area (Å²) in [4.78, 5) is 0. The molecule has 0 bridgehead atoms. The van der Waals surface area contributed by atoms with Crippen LogP contribution >= 0.6 is 0 Å². The fourth-order valence-corrected chi connectivity index (χ4v) is 3.51. The van der Waals surface area contributed by atoms with Gasteiger partial charge in [0.2, 0.25) is 0 Å². The van der Waals surface area contributed by atoms with Gasteiger partial charge >= 0.3 is 0 Å². The molecule has 0 aromatic heterocycles. The maximum Gasteiger partial charge on any atom is 0.0942 e. The van der Waals surface area contributed by atoms with Gasteiger partial charge in [0.05, 0.1) is 5.60 Å². The first kappa shape index (κ1) is 14.8. The molecular weight excluding hydrogens is 268 g/mol. The molecule has 1 heteroatoms. The minimum atomic E-state index is -0.910. The van der Waals surface area contributed by atoms with Gasteiger partial charge in [-0.3, -0.25) is 0 Å². The Bertz CT molecular complexity index is 680. The second kappa shape index (κ2) is 5.94. The summed E-state index contributed by atoms with van der Waals surface area (Å²) < 4.78 is 0. The molecule has 3 atom stereocenters. The fraction of sp³-hybridized carbons (Fsp3) is 0.238. The predicted molar refractivity (Wildman–Crippen MR) is 92.2 cm³/mol. The van der Waals surface area contributed by atoms with Crippen molar-refractivity contribution in [3.05, 3.63) is 90.0 Å². The smallest absolute Gasteiger partial charge is 0.0942 e. The van der Waals surface area contributed by atoms with Crippen LogP contribution < -0.4 is 0 Å². The van der Waals surface area contributed by atoms with Gasteiger partial charge in [-0.05, 0) is 29.5 Å². The third-order valence-electron chi connectivity index (χ3n) is 4.62. The van der Waals surface area contributed by atoms with Crippen molar-refractivity contribution < 1.29 is 5.11 Å². The average molecular weight is 290 g/mol. The summed E-state index contributed by atoms with van der Waals surface area (Å²) in [5, 5.41) is 11.3. The van der Waals surface area contributed by atoms with E-state index in [0.717, 1.165) is 5.56 Å². The second-order valence-electron chi connectivity index (χ2n) is 6.22. The van der Waals surface area contributed by atoms with Crippen LogP contribution in [0, 0.1) is 11.8 Å². The Morgan fingerprint density at radius 1 is 0.909 bits per heavy atom. The zero-order valence-corrected chi connectivity index (χ0v) is 13.1. The summed E-state index contributed by atoms with van der Waals surface area (Å²) in [6.07, 6.45) is 6.41. The molecule has 0 radical (unpaired) electrons. The molecule has 0 saturated carbocycles. The van der Waals surface area contributed by atoms with Crippen LogP contribution in [0.15, 0.2) is 78.9 Å². The Morgan fingerprint density at radius 2 is 1.50 bits per heavy atom. The maximum atomic E-state index is 11.3. The third-order valence-corrected chi connectivity index (χ3v) is 4.62. The van der Waals surface area contributed by atoms with E-state index < -0.39 is 5.60 Å². The highest BCUT2D eigenvalue weighted by molar-refractivity contribution is 5.71. The van der Waals surface area contributed by atoms with Gasteiger partial charge in [0.1, 0.15) is 0 Å². The maximum absolute atomic E-state index is 11.3. The molecule has 0 fully saturated rings. The molecule has 112 valence electrons. The van der Waals surface area contributed by atoms with E-state index in [2.05, 4.69) is 37.3 Å². The number of benzene rings is 2. The molecule has 2 aromatic rings. The van der Waals surface area contributed by atoms with Crippen LogP contribution in [0.4, 0.5) is 0 Å². The quantitative estimate of drug-likeness (QED) is 0.861. The lowest BCUT2D eigenvalue weighted by molar-refractivity contribution is 0.00418.